The third-order valence-corrected chi connectivity index (χ3v) is 4.10. The Morgan fingerprint density at radius 3 is 2.61 bits per heavy atom. The SMILES string of the molecule is N#CCc1ccc(NC(=O)CN2CCc3ccccc3C2)cc1. The van der Waals surface area contributed by atoms with Gasteiger partial charge >= 0.3 is 0 Å². The van der Waals surface area contributed by atoms with Gasteiger partial charge in [0.2, 0.25) is 5.91 Å². The molecule has 1 aliphatic heterocycles. The first-order chi connectivity index (χ1) is 11.2. The van der Waals surface area contributed by atoms with Crippen molar-refractivity contribution < 1.29 is 4.79 Å². The lowest BCUT2D eigenvalue weighted by Gasteiger charge is -2.28. The molecule has 2 aromatic carbocycles. The van der Waals surface area contributed by atoms with Crippen LogP contribution in [-0.4, -0.2) is 23.9 Å². The van der Waals surface area contributed by atoms with E-state index in [-0.39, 0.29) is 5.91 Å². The van der Waals surface area contributed by atoms with E-state index in [4.69, 9.17) is 5.26 Å². The van der Waals surface area contributed by atoms with Crippen molar-refractivity contribution in [1.29, 1.82) is 5.26 Å². The van der Waals surface area contributed by atoms with Crippen LogP contribution in [-0.2, 0) is 24.2 Å². The Hall–Kier alpha value is -2.64. The molecule has 1 heterocycles. The molecule has 0 saturated heterocycles. The van der Waals surface area contributed by atoms with Crippen LogP contribution in [0.5, 0.6) is 0 Å². The van der Waals surface area contributed by atoms with Crippen molar-refractivity contribution in [1.82, 2.24) is 4.90 Å². The summed E-state index contributed by atoms with van der Waals surface area (Å²) in [5.74, 6) is -0.00239. The van der Waals surface area contributed by atoms with Gasteiger partial charge in [-0.25, -0.2) is 0 Å². The lowest BCUT2D eigenvalue weighted by atomic mass is 10.00. The second-order valence-electron chi connectivity index (χ2n) is 5.81. The van der Waals surface area contributed by atoms with Crippen LogP contribution in [0.15, 0.2) is 48.5 Å². The zero-order chi connectivity index (χ0) is 16.1. The molecule has 0 unspecified atom stereocenters. The van der Waals surface area contributed by atoms with Crippen molar-refractivity contribution in [2.45, 2.75) is 19.4 Å². The van der Waals surface area contributed by atoms with Crippen LogP contribution < -0.4 is 5.32 Å². The molecule has 3 rings (SSSR count). The van der Waals surface area contributed by atoms with Gasteiger partial charge in [-0.05, 0) is 35.2 Å². The van der Waals surface area contributed by atoms with Gasteiger partial charge in [0.25, 0.3) is 0 Å². The summed E-state index contributed by atoms with van der Waals surface area (Å²) in [7, 11) is 0. The molecule has 4 heteroatoms. The Bertz CT molecular complexity index is 731. The van der Waals surface area contributed by atoms with E-state index in [0.717, 1.165) is 30.8 Å². The Morgan fingerprint density at radius 1 is 1.13 bits per heavy atom. The van der Waals surface area contributed by atoms with Gasteiger partial charge in [-0.15, -0.1) is 0 Å². The van der Waals surface area contributed by atoms with Crippen LogP contribution in [0.2, 0.25) is 0 Å². The highest BCUT2D eigenvalue weighted by Crippen LogP contribution is 2.18. The molecule has 0 saturated carbocycles. The first-order valence-electron chi connectivity index (χ1n) is 7.79. The van der Waals surface area contributed by atoms with E-state index in [2.05, 4.69) is 34.5 Å². The van der Waals surface area contributed by atoms with Crippen LogP contribution >= 0.6 is 0 Å². The van der Waals surface area contributed by atoms with Gasteiger partial charge in [0, 0.05) is 18.8 Å². The number of amides is 1. The molecule has 0 atom stereocenters. The summed E-state index contributed by atoms with van der Waals surface area (Å²) in [6, 6.07) is 17.9. The number of nitrogens with one attached hydrogen (secondary N) is 1. The van der Waals surface area contributed by atoms with E-state index in [1.54, 1.807) is 0 Å². The van der Waals surface area contributed by atoms with Crippen molar-refractivity contribution in [3.05, 3.63) is 65.2 Å². The van der Waals surface area contributed by atoms with Crippen LogP contribution in [0.3, 0.4) is 0 Å². The number of nitrogens with zero attached hydrogens (tertiary/aromatic N) is 2. The number of hydrogen-bond donors (Lipinski definition) is 1. The van der Waals surface area contributed by atoms with Gasteiger partial charge in [-0.2, -0.15) is 5.26 Å². The summed E-state index contributed by atoms with van der Waals surface area (Å²) in [5, 5.41) is 11.6. The van der Waals surface area contributed by atoms with Crippen LogP contribution in [0.25, 0.3) is 0 Å². The Balaban J connectivity index is 1.55. The molecule has 0 aromatic heterocycles. The number of nitriles is 1. The molecule has 1 N–H and O–H groups in total. The molecular weight excluding hydrogens is 286 g/mol. The Labute approximate surface area is 136 Å². The molecule has 0 fully saturated rings. The second kappa shape index (κ2) is 7.08. The lowest BCUT2D eigenvalue weighted by molar-refractivity contribution is -0.117. The van der Waals surface area contributed by atoms with Crippen LogP contribution in [0, 0.1) is 11.3 Å². The summed E-state index contributed by atoms with van der Waals surface area (Å²) in [5.41, 5.74) is 4.43. The van der Waals surface area contributed by atoms with E-state index in [9.17, 15) is 4.79 Å². The minimum Gasteiger partial charge on any atom is -0.325 e. The van der Waals surface area contributed by atoms with Gasteiger partial charge < -0.3 is 5.32 Å². The minimum absolute atomic E-state index is 0.00239. The van der Waals surface area contributed by atoms with E-state index in [1.165, 1.54) is 11.1 Å². The number of anilines is 1. The van der Waals surface area contributed by atoms with Crippen molar-refractivity contribution in [2.75, 3.05) is 18.4 Å². The average molecular weight is 305 g/mol. The van der Waals surface area contributed by atoms with Gasteiger partial charge in [0.15, 0.2) is 0 Å². The van der Waals surface area contributed by atoms with Gasteiger partial charge in [0.1, 0.15) is 0 Å². The number of benzene rings is 2. The fourth-order valence-corrected chi connectivity index (χ4v) is 2.89. The molecule has 0 radical (unpaired) electrons. The third kappa shape index (κ3) is 3.97. The molecule has 4 nitrogen and oxygen atoms in total. The van der Waals surface area contributed by atoms with Gasteiger partial charge in [0.05, 0.1) is 19.0 Å². The van der Waals surface area contributed by atoms with Crippen molar-refractivity contribution in [3.63, 3.8) is 0 Å². The number of carbonyl (C=O) groups excluding carboxylic acids is 1. The fraction of sp³-hybridized carbons (Fsp3) is 0.263. The summed E-state index contributed by atoms with van der Waals surface area (Å²) >= 11 is 0. The monoisotopic (exact) mass is 305 g/mol. The minimum atomic E-state index is -0.00239. The molecule has 1 aliphatic rings. The van der Waals surface area contributed by atoms with E-state index < -0.39 is 0 Å². The summed E-state index contributed by atoms with van der Waals surface area (Å²) in [6.45, 7) is 2.13. The topological polar surface area (TPSA) is 56.1 Å². The van der Waals surface area contributed by atoms with Crippen molar-refractivity contribution in [2.24, 2.45) is 0 Å². The number of rotatable bonds is 4. The zero-order valence-electron chi connectivity index (χ0n) is 13.0. The Morgan fingerprint density at radius 2 is 1.87 bits per heavy atom. The highest BCUT2D eigenvalue weighted by Gasteiger charge is 2.17. The highest BCUT2D eigenvalue weighted by atomic mass is 16.2. The summed E-state index contributed by atoms with van der Waals surface area (Å²) in [6.07, 6.45) is 1.38. The number of hydrogen-bond acceptors (Lipinski definition) is 3. The second-order valence-corrected chi connectivity index (χ2v) is 5.81. The first kappa shape index (κ1) is 15.3. The fourth-order valence-electron chi connectivity index (χ4n) is 2.89. The zero-order valence-corrected chi connectivity index (χ0v) is 13.0. The van der Waals surface area contributed by atoms with E-state index in [0.29, 0.717) is 13.0 Å². The maximum atomic E-state index is 12.2. The van der Waals surface area contributed by atoms with E-state index >= 15 is 0 Å². The molecule has 0 spiro atoms. The first-order valence-corrected chi connectivity index (χ1v) is 7.79. The third-order valence-electron chi connectivity index (χ3n) is 4.10. The van der Waals surface area contributed by atoms with Crippen molar-refractivity contribution >= 4 is 11.6 Å². The van der Waals surface area contributed by atoms with Gasteiger partial charge in [-0.1, -0.05) is 36.4 Å². The normalized spacial score (nSPS) is 13.9. The van der Waals surface area contributed by atoms with E-state index in [1.807, 2.05) is 30.3 Å². The molecular formula is C19H19N3O. The van der Waals surface area contributed by atoms with Crippen LogP contribution in [0.1, 0.15) is 16.7 Å². The predicted molar refractivity (Wildman–Crippen MR) is 89.8 cm³/mol. The number of fused-ring (bicyclic) bond motifs is 1. The molecule has 0 bridgehead atoms. The maximum absolute atomic E-state index is 12.2. The maximum Gasteiger partial charge on any atom is 0.238 e. The molecule has 1 amide bonds. The summed E-state index contributed by atoms with van der Waals surface area (Å²) in [4.78, 5) is 14.4. The van der Waals surface area contributed by atoms with Crippen LogP contribution in [0.4, 0.5) is 5.69 Å². The van der Waals surface area contributed by atoms with Crippen molar-refractivity contribution in [3.8, 4) is 6.07 Å². The standard InChI is InChI=1S/C19H19N3O/c20-11-9-15-5-7-18(8-6-15)21-19(23)14-22-12-10-16-3-1-2-4-17(16)13-22/h1-8H,9-10,12-14H2,(H,21,23). The molecule has 116 valence electrons. The molecule has 0 aliphatic carbocycles. The number of carbonyl (C=O) groups is 1. The predicted octanol–water partition coefficient (Wildman–Crippen LogP) is 2.75. The average Bonchev–Trinajstić information content (AvgIpc) is 2.57. The largest absolute Gasteiger partial charge is 0.325 e. The lowest BCUT2D eigenvalue weighted by Crippen LogP contribution is -2.37. The quantitative estimate of drug-likeness (QED) is 0.945. The smallest absolute Gasteiger partial charge is 0.238 e. The highest BCUT2D eigenvalue weighted by molar-refractivity contribution is 5.92. The molecule has 23 heavy (non-hydrogen) atoms. The molecule has 2 aromatic rings. The van der Waals surface area contributed by atoms with Gasteiger partial charge in [-0.3, -0.25) is 9.69 Å². The Kier molecular flexibility index (Phi) is 4.70. The summed E-state index contributed by atoms with van der Waals surface area (Å²) < 4.78 is 0.